The summed E-state index contributed by atoms with van der Waals surface area (Å²) in [6.45, 7) is 21.9. The van der Waals surface area contributed by atoms with E-state index in [1.54, 1.807) is 0 Å². The number of benzene rings is 2. The molecule has 4 rings (SSSR count). The molecule has 0 spiro atoms. The van der Waals surface area contributed by atoms with Gasteiger partial charge in [0, 0.05) is 37.6 Å². The van der Waals surface area contributed by atoms with E-state index in [1.165, 1.54) is 23.9 Å². The van der Waals surface area contributed by atoms with Crippen molar-refractivity contribution in [1.82, 2.24) is 9.80 Å². The van der Waals surface area contributed by atoms with Crippen LogP contribution in [0.1, 0.15) is 92.2 Å². The Morgan fingerprint density at radius 3 is 1.58 bits per heavy atom. The minimum absolute atomic E-state index is 0.0262. The van der Waals surface area contributed by atoms with Crippen molar-refractivity contribution < 1.29 is 19.1 Å². The SMILES string of the molecule is COC(=O)N1C(C)CN(c2ccc(C(C)(C)C)cc2)CC1CCC1CN(c2ccc(C(C)C)cc2)CC(C)N1C(=O)OC(C)C. The summed E-state index contributed by atoms with van der Waals surface area (Å²) in [7, 11) is 1.46. The number of hydrogen-bond donors (Lipinski definition) is 0. The van der Waals surface area contributed by atoms with Gasteiger partial charge in [-0.3, -0.25) is 9.80 Å². The minimum Gasteiger partial charge on any atom is -0.453 e. The van der Waals surface area contributed by atoms with E-state index in [9.17, 15) is 9.59 Å². The summed E-state index contributed by atoms with van der Waals surface area (Å²) < 4.78 is 11.0. The molecule has 0 saturated carbocycles. The van der Waals surface area contributed by atoms with Crippen LogP contribution in [0, 0.1) is 0 Å². The zero-order valence-corrected chi connectivity index (χ0v) is 29.2. The maximum Gasteiger partial charge on any atom is 0.410 e. The van der Waals surface area contributed by atoms with Crippen molar-refractivity contribution in [3.63, 3.8) is 0 Å². The van der Waals surface area contributed by atoms with Crippen LogP contribution >= 0.6 is 0 Å². The maximum absolute atomic E-state index is 13.4. The largest absolute Gasteiger partial charge is 0.453 e. The first kappa shape index (κ1) is 34.5. The lowest BCUT2D eigenvalue weighted by Crippen LogP contribution is -2.62. The third kappa shape index (κ3) is 8.25. The molecule has 2 aliphatic heterocycles. The zero-order valence-electron chi connectivity index (χ0n) is 29.2. The molecule has 248 valence electrons. The molecular weight excluding hydrogens is 564 g/mol. The molecule has 0 bridgehead atoms. The number of carbonyl (C=O) groups excluding carboxylic acids is 2. The molecule has 0 radical (unpaired) electrons. The summed E-state index contributed by atoms with van der Waals surface area (Å²) in [5.74, 6) is 0.472. The number of hydrogen-bond acceptors (Lipinski definition) is 6. The van der Waals surface area contributed by atoms with Gasteiger partial charge in [0.15, 0.2) is 0 Å². The van der Waals surface area contributed by atoms with Crippen LogP contribution < -0.4 is 9.80 Å². The Balaban J connectivity index is 1.58. The molecule has 2 heterocycles. The highest BCUT2D eigenvalue weighted by Gasteiger charge is 2.40. The molecule has 2 saturated heterocycles. The second-order valence-electron chi connectivity index (χ2n) is 14.7. The number of methoxy groups -OCH3 is 1. The summed E-state index contributed by atoms with van der Waals surface area (Å²) in [5, 5.41) is 0. The Morgan fingerprint density at radius 1 is 0.733 bits per heavy atom. The van der Waals surface area contributed by atoms with E-state index in [0.717, 1.165) is 31.6 Å². The van der Waals surface area contributed by atoms with Gasteiger partial charge in [-0.05, 0) is 87.3 Å². The van der Waals surface area contributed by atoms with Crippen LogP contribution in [0.3, 0.4) is 0 Å². The molecule has 2 aromatic rings. The molecule has 0 aromatic heterocycles. The minimum atomic E-state index is -0.296. The fraction of sp³-hybridized carbons (Fsp3) is 0.622. The Bertz CT molecular complexity index is 1270. The van der Waals surface area contributed by atoms with Gasteiger partial charge in [0.05, 0.1) is 37.4 Å². The van der Waals surface area contributed by atoms with Crippen molar-refractivity contribution in [2.24, 2.45) is 0 Å². The van der Waals surface area contributed by atoms with E-state index in [-0.39, 0.29) is 47.9 Å². The van der Waals surface area contributed by atoms with Crippen LogP contribution in [-0.4, -0.2) is 85.5 Å². The average molecular weight is 621 g/mol. The molecule has 4 atom stereocenters. The standard InChI is InChI=1S/C37H56N4O4/c1-25(2)29-11-15-31(16-12-29)38-22-28(6)41(36(43)45-26(3)4)34(24-38)20-19-33-23-39(21-27(5)40(33)35(42)44-10)32-17-13-30(14-18-32)37(7,8)9/h11-18,25-28,33-34H,19-24H2,1-10H3. The highest BCUT2D eigenvalue weighted by atomic mass is 16.6. The number of amides is 2. The molecule has 45 heavy (non-hydrogen) atoms. The van der Waals surface area contributed by atoms with Gasteiger partial charge in [-0.1, -0.05) is 58.9 Å². The number of rotatable bonds is 7. The molecule has 2 amide bonds. The smallest absolute Gasteiger partial charge is 0.410 e. The van der Waals surface area contributed by atoms with Crippen molar-refractivity contribution in [2.45, 2.75) is 117 Å². The molecule has 8 heteroatoms. The van der Waals surface area contributed by atoms with Gasteiger partial charge in [-0.15, -0.1) is 0 Å². The fourth-order valence-electron chi connectivity index (χ4n) is 6.90. The molecule has 0 N–H and O–H groups in total. The van der Waals surface area contributed by atoms with E-state index in [4.69, 9.17) is 9.47 Å². The lowest BCUT2D eigenvalue weighted by atomic mass is 9.87. The van der Waals surface area contributed by atoms with Gasteiger partial charge in [0.25, 0.3) is 0 Å². The second kappa shape index (κ2) is 14.3. The summed E-state index contributed by atoms with van der Waals surface area (Å²) in [4.78, 5) is 35.2. The van der Waals surface area contributed by atoms with Gasteiger partial charge in [0.1, 0.15) is 0 Å². The molecule has 2 fully saturated rings. The van der Waals surface area contributed by atoms with Crippen LogP contribution in [0.15, 0.2) is 48.5 Å². The monoisotopic (exact) mass is 620 g/mol. The lowest BCUT2D eigenvalue weighted by molar-refractivity contribution is 0.0360. The van der Waals surface area contributed by atoms with Crippen molar-refractivity contribution in [2.75, 3.05) is 43.1 Å². The normalized spacial score (nSPS) is 22.7. The number of nitrogens with zero attached hydrogens (tertiary/aromatic N) is 4. The maximum atomic E-state index is 13.4. The number of ether oxygens (including phenoxy) is 2. The quantitative estimate of drug-likeness (QED) is 0.317. The summed E-state index contributed by atoms with van der Waals surface area (Å²) in [6, 6.07) is 17.5. The Hall–Kier alpha value is -3.42. The molecule has 2 aromatic carbocycles. The van der Waals surface area contributed by atoms with Gasteiger partial charge in [-0.2, -0.15) is 0 Å². The molecule has 0 aliphatic carbocycles. The third-order valence-electron chi connectivity index (χ3n) is 9.36. The molecular formula is C37H56N4O4. The summed E-state index contributed by atoms with van der Waals surface area (Å²) in [5.41, 5.74) is 5.03. The summed E-state index contributed by atoms with van der Waals surface area (Å²) in [6.07, 6.45) is 0.716. The average Bonchev–Trinajstić information content (AvgIpc) is 2.98. The third-order valence-corrected chi connectivity index (χ3v) is 9.36. The Labute approximate surface area is 271 Å². The van der Waals surface area contributed by atoms with E-state index < -0.39 is 0 Å². The predicted octanol–water partition coefficient (Wildman–Crippen LogP) is 7.66. The fourth-order valence-corrected chi connectivity index (χ4v) is 6.90. The first-order valence-electron chi connectivity index (χ1n) is 16.7. The van der Waals surface area contributed by atoms with Gasteiger partial charge < -0.3 is 19.3 Å². The van der Waals surface area contributed by atoms with Crippen LogP contribution in [0.5, 0.6) is 0 Å². The first-order chi connectivity index (χ1) is 21.2. The Morgan fingerprint density at radius 2 is 1.18 bits per heavy atom. The van der Waals surface area contributed by atoms with E-state index in [0.29, 0.717) is 19.0 Å². The number of carbonyl (C=O) groups is 2. The first-order valence-corrected chi connectivity index (χ1v) is 16.7. The molecule has 8 nitrogen and oxygen atoms in total. The van der Waals surface area contributed by atoms with Crippen molar-refractivity contribution in [3.8, 4) is 0 Å². The van der Waals surface area contributed by atoms with Crippen molar-refractivity contribution >= 4 is 23.6 Å². The van der Waals surface area contributed by atoms with E-state index >= 15 is 0 Å². The second-order valence-corrected chi connectivity index (χ2v) is 14.7. The molecule has 2 aliphatic rings. The predicted molar refractivity (Wildman–Crippen MR) is 184 cm³/mol. The lowest BCUT2D eigenvalue weighted by Gasteiger charge is -2.48. The zero-order chi connectivity index (χ0) is 33.1. The van der Waals surface area contributed by atoms with Crippen LogP contribution in [0.25, 0.3) is 0 Å². The van der Waals surface area contributed by atoms with Crippen LogP contribution in [0.2, 0.25) is 0 Å². The van der Waals surface area contributed by atoms with E-state index in [1.807, 2.05) is 23.6 Å². The van der Waals surface area contributed by atoms with E-state index in [2.05, 4.69) is 107 Å². The van der Waals surface area contributed by atoms with Gasteiger partial charge >= 0.3 is 12.2 Å². The number of anilines is 2. The highest BCUT2D eigenvalue weighted by molar-refractivity contribution is 5.70. The van der Waals surface area contributed by atoms with Crippen LogP contribution in [0.4, 0.5) is 21.0 Å². The number of piperazine rings is 2. The Kier molecular flexibility index (Phi) is 11.0. The topological polar surface area (TPSA) is 65.6 Å². The van der Waals surface area contributed by atoms with Gasteiger partial charge in [-0.25, -0.2) is 9.59 Å². The highest BCUT2D eigenvalue weighted by Crippen LogP contribution is 2.31. The van der Waals surface area contributed by atoms with Crippen molar-refractivity contribution in [3.05, 3.63) is 59.7 Å². The molecule has 4 unspecified atom stereocenters. The summed E-state index contributed by atoms with van der Waals surface area (Å²) >= 11 is 0. The van der Waals surface area contributed by atoms with Crippen LogP contribution in [-0.2, 0) is 14.9 Å². The van der Waals surface area contributed by atoms with Crippen molar-refractivity contribution in [1.29, 1.82) is 0 Å². The van der Waals surface area contributed by atoms with Gasteiger partial charge in [0.2, 0.25) is 0 Å².